The second-order valence-corrected chi connectivity index (χ2v) is 2.62. The molecular weight excluding hydrogens is 132 g/mol. The molecule has 0 heterocycles. The predicted octanol–water partition coefficient (Wildman–Crippen LogP) is 2.87. The Balaban J connectivity index is 2.86. The molecule has 0 aromatic heterocycles. The van der Waals surface area contributed by atoms with Crippen LogP contribution in [-0.4, -0.2) is 0 Å². The number of halogens is 1. The second kappa shape index (κ2) is 2.40. The zero-order valence-electron chi connectivity index (χ0n) is 5.39. The number of hydrogen-bond donors (Lipinski definition) is 0. The maximum atomic E-state index is 5.77. The van der Waals surface area contributed by atoms with E-state index in [2.05, 4.69) is 19.6 Å². The Kier molecular flexibility index (Phi) is 1.77. The van der Waals surface area contributed by atoms with Crippen LogP contribution >= 0.6 is 11.6 Å². The van der Waals surface area contributed by atoms with E-state index in [1.807, 2.05) is 12.2 Å². The largest absolute Gasteiger partial charge is 0.0938 e. The Bertz CT molecular complexity index is 187. The van der Waals surface area contributed by atoms with Crippen LogP contribution in [0, 0.1) is 5.92 Å². The van der Waals surface area contributed by atoms with Gasteiger partial charge in [-0.3, -0.25) is 0 Å². The quantitative estimate of drug-likeness (QED) is 0.486. The molecule has 1 heteroatoms. The number of rotatable bonds is 0. The van der Waals surface area contributed by atoms with Gasteiger partial charge in [-0.05, 0) is 11.6 Å². The Morgan fingerprint density at radius 3 is 2.78 bits per heavy atom. The van der Waals surface area contributed by atoms with Crippen molar-refractivity contribution >= 4 is 11.6 Å². The second-order valence-electron chi connectivity index (χ2n) is 2.21. The number of allylic oxidation sites excluding steroid dienone is 5. The van der Waals surface area contributed by atoms with Crippen LogP contribution in [0.15, 0.2) is 35.4 Å². The summed E-state index contributed by atoms with van der Waals surface area (Å²) in [4.78, 5) is 0. The third kappa shape index (κ3) is 1.25. The van der Waals surface area contributed by atoms with E-state index in [1.165, 1.54) is 0 Å². The SMILES string of the molecule is C=C1C(Cl)=CC=CC1C. The topological polar surface area (TPSA) is 0 Å². The van der Waals surface area contributed by atoms with Gasteiger partial charge in [0.15, 0.2) is 0 Å². The maximum absolute atomic E-state index is 5.77. The molecule has 1 atom stereocenters. The average Bonchev–Trinajstić information content (AvgIpc) is 1.83. The van der Waals surface area contributed by atoms with E-state index < -0.39 is 0 Å². The molecule has 0 aromatic rings. The van der Waals surface area contributed by atoms with Crippen LogP contribution < -0.4 is 0 Å². The van der Waals surface area contributed by atoms with Gasteiger partial charge in [0.25, 0.3) is 0 Å². The molecule has 0 aliphatic heterocycles. The summed E-state index contributed by atoms with van der Waals surface area (Å²) in [6, 6.07) is 0. The van der Waals surface area contributed by atoms with Crippen LogP contribution in [0.25, 0.3) is 0 Å². The van der Waals surface area contributed by atoms with Crippen LogP contribution in [0.2, 0.25) is 0 Å². The average molecular weight is 141 g/mol. The Hall–Kier alpha value is -0.490. The van der Waals surface area contributed by atoms with Gasteiger partial charge in [0, 0.05) is 11.0 Å². The van der Waals surface area contributed by atoms with E-state index in [0.717, 1.165) is 10.6 Å². The molecule has 0 amide bonds. The molecule has 0 spiro atoms. The lowest BCUT2D eigenvalue weighted by molar-refractivity contribution is 0.882. The van der Waals surface area contributed by atoms with Gasteiger partial charge in [-0.1, -0.05) is 37.3 Å². The first kappa shape index (κ1) is 6.63. The Morgan fingerprint density at radius 1 is 1.67 bits per heavy atom. The highest BCUT2D eigenvalue weighted by Gasteiger charge is 2.08. The highest BCUT2D eigenvalue weighted by atomic mass is 35.5. The van der Waals surface area contributed by atoms with Gasteiger partial charge in [0.1, 0.15) is 0 Å². The fourth-order valence-corrected chi connectivity index (χ4v) is 0.992. The van der Waals surface area contributed by atoms with Gasteiger partial charge in [0.2, 0.25) is 0 Å². The van der Waals surface area contributed by atoms with Crippen molar-refractivity contribution < 1.29 is 0 Å². The zero-order valence-corrected chi connectivity index (χ0v) is 6.15. The lowest BCUT2D eigenvalue weighted by atomic mass is 9.98. The molecule has 1 aliphatic rings. The molecule has 0 N–H and O–H groups in total. The van der Waals surface area contributed by atoms with Crippen LogP contribution in [0.4, 0.5) is 0 Å². The summed E-state index contributed by atoms with van der Waals surface area (Å²) in [5.74, 6) is 0.405. The summed E-state index contributed by atoms with van der Waals surface area (Å²) in [7, 11) is 0. The molecule has 1 unspecified atom stereocenters. The molecule has 0 bridgehead atoms. The van der Waals surface area contributed by atoms with Gasteiger partial charge >= 0.3 is 0 Å². The first-order chi connectivity index (χ1) is 4.22. The van der Waals surface area contributed by atoms with Crippen LogP contribution in [0.3, 0.4) is 0 Å². The standard InChI is InChI=1S/C8H9Cl/c1-6-4-3-5-8(9)7(6)2/h3-6H,2H2,1H3. The molecule has 0 fully saturated rings. The molecule has 1 rings (SSSR count). The van der Waals surface area contributed by atoms with Crippen molar-refractivity contribution in [3.63, 3.8) is 0 Å². The first-order valence-electron chi connectivity index (χ1n) is 2.95. The Morgan fingerprint density at radius 2 is 2.33 bits per heavy atom. The summed E-state index contributed by atoms with van der Waals surface area (Å²) in [6.45, 7) is 5.90. The fourth-order valence-electron chi connectivity index (χ4n) is 0.747. The van der Waals surface area contributed by atoms with Crippen LogP contribution in [0.1, 0.15) is 6.92 Å². The fraction of sp³-hybridized carbons (Fsp3) is 0.250. The third-order valence-electron chi connectivity index (χ3n) is 1.50. The lowest BCUT2D eigenvalue weighted by Gasteiger charge is -2.11. The smallest absolute Gasteiger partial charge is 0.0437 e. The highest BCUT2D eigenvalue weighted by Crippen LogP contribution is 2.25. The predicted molar refractivity (Wildman–Crippen MR) is 41.4 cm³/mol. The summed E-state index contributed by atoms with van der Waals surface area (Å²) >= 11 is 5.77. The molecule has 0 saturated carbocycles. The molecule has 1 aliphatic carbocycles. The molecule has 0 aromatic carbocycles. The van der Waals surface area contributed by atoms with Crippen LogP contribution in [-0.2, 0) is 0 Å². The first-order valence-corrected chi connectivity index (χ1v) is 3.33. The lowest BCUT2D eigenvalue weighted by Crippen LogP contribution is -1.96. The maximum Gasteiger partial charge on any atom is 0.0437 e. The van der Waals surface area contributed by atoms with E-state index >= 15 is 0 Å². The van der Waals surface area contributed by atoms with Crippen molar-refractivity contribution in [1.29, 1.82) is 0 Å². The summed E-state index contributed by atoms with van der Waals surface area (Å²) in [6.07, 6.45) is 5.90. The van der Waals surface area contributed by atoms with E-state index in [-0.39, 0.29) is 0 Å². The third-order valence-corrected chi connectivity index (χ3v) is 1.87. The monoisotopic (exact) mass is 140 g/mol. The van der Waals surface area contributed by atoms with Gasteiger partial charge in [0.05, 0.1) is 0 Å². The van der Waals surface area contributed by atoms with Crippen LogP contribution in [0.5, 0.6) is 0 Å². The van der Waals surface area contributed by atoms with E-state index in [0.29, 0.717) is 5.92 Å². The van der Waals surface area contributed by atoms with Crippen molar-refractivity contribution in [1.82, 2.24) is 0 Å². The highest BCUT2D eigenvalue weighted by molar-refractivity contribution is 6.32. The summed E-state index contributed by atoms with van der Waals surface area (Å²) in [5, 5.41) is 0.782. The van der Waals surface area contributed by atoms with Crippen molar-refractivity contribution in [3.8, 4) is 0 Å². The molecule has 0 saturated heterocycles. The van der Waals surface area contributed by atoms with Gasteiger partial charge in [-0.2, -0.15) is 0 Å². The van der Waals surface area contributed by atoms with Crippen molar-refractivity contribution in [2.24, 2.45) is 5.92 Å². The normalized spacial score (nSPS) is 26.2. The van der Waals surface area contributed by atoms with E-state index in [9.17, 15) is 0 Å². The molecule has 0 nitrogen and oxygen atoms in total. The molecule has 9 heavy (non-hydrogen) atoms. The number of hydrogen-bond acceptors (Lipinski definition) is 0. The Labute approximate surface area is 60.5 Å². The zero-order chi connectivity index (χ0) is 6.85. The van der Waals surface area contributed by atoms with Gasteiger partial charge in [-0.15, -0.1) is 0 Å². The molecule has 48 valence electrons. The summed E-state index contributed by atoms with van der Waals surface area (Å²) < 4.78 is 0. The van der Waals surface area contributed by atoms with E-state index in [4.69, 9.17) is 11.6 Å². The molecule has 0 radical (unpaired) electrons. The van der Waals surface area contributed by atoms with Crippen molar-refractivity contribution in [2.45, 2.75) is 6.92 Å². The minimum Gasteiger partial charge on any atom is -0.0938 e. The summed E-state index contributed by atoms with van der Waals surface area (Å²) in [5.41, 5.74) is 1.01. The van der Waals surface area contributed by atoms with Gasteiger partial charge < -0.3 is 0 Å². The van der Waals surface area contributed by atoms with Gasteiger partial charge in [-0.25, -0.2) is 0 Å². The van der Waals surface area contributed by atoms with Crippen molar-refractivity contribution in [2.75, 3.05) is 0 Å². The minimum atomic E-state index is 0.405. The van der Waals surface area contributed by atoms with Crippen molar-refractivity contribution in [3.05, 3.63) is 35.4 Å². The van der Waals surface area contributed by atoms with E-state index in [1.54, 1.807) is 0 Å². The minimum absolute atomic E-state index is 0.405. The molecular formula is C8H9Cl.